The number of aromatic nitrogens is 1. The highest BCUT2D eigenvalue weighted by Crippen LogP contribution is 2.19. The summed E-state index contributed by atoms with van der Waals surface area (Å²) >= 11 is 0. The molecule has 0 N–H and O–H groups in total. The van der Waals surface area contributed by atoms with Crippen LogP contribution in [0.3, 0.4) is 0 Å². The molecule has 0 spiro atoms. The quantitative estimate of drug-likeness (QED) is 0.854. The van der Waals surface area contributed by atoms with Gasteiger partial charge in [-0.05, 0) is 31.4 Å². The average molecular weight is 346 g/mol. The third-order valence-corrected chi connectivity index (χ3v) is 6.26. The number of piperidine rings is 1. The molecule has 1 aromatic heterocycles. The van der Waals surface area contributed by atoms with E-state index in [1.807, 2.05) is 31.2 Å². The van der Waals surface area contributed by atoms with Crippen molar-refractivity contribution in [3.05, 3.63) is 64.1 Å². The lowest BCUT2D eigenvalue weighted by atomic mass is 10.1. The largest absolute Gasteiger partial charge is 0.310 e. The first-order valence-corrected chi connectivity index (χ1v) is 9.67. The van der Waals surface area contributed by atoms with Crippen molar-refractivity contribution in [1.29, 1.82) is 0 Å². The molecule has 24 heavy (non-hydrogen) atoms. The molecule has 1 fully saturated rings. The minimum absolute atomic E-state index is 0.191. The molecule has 2 aromatic rings. The van der Waals surface area contributed by atoms with Gasteiger partial charge in [-0.1, -0.05) is 36.2 Å². The Morgan fingerprint density at radius 3 is 2.29 bits per heavy atom. The number of aryl methyl sites for hydroxylation is 1. The van der Waals surface area contributed by atoms with Crippen LogP contribution in [0.25, 0.3) is 0 Å². The zero-order chi connectivity index (χ0) is 17.2. The first-order chi connectivity index (χ1) is 11.5. The molecular formula is C18H22N2O3S. The Kier molecular flexibility index (Phi) is 4.87. The van der Waals surface area contributed by atoms with Crippen molar-refractivity contribution in [3.8, 4) is 0 Å². The first-order valence-electron chi connectivity index (χ1n) is 8.23. The Morgan fingerprint density at radius 2 is 1.62 bits per heavy atom. The van der Waals surface area contributed by atoms with Crippen LogP contribution >= 0.6 is 0 Å². The van der Waals surface area contributed by atoms with E-state index in [9.17, 15) is 13.2 Å². The highest BCUT2D eigenvalue weighted by atomic mass is 32.2. The molecule has 0 aliphatic carbocycles. The van der Waals surface area contributed by atoms with Crippen LogP contribution in [0.1, 0.15) is 30.4 Å². The first kappa shape index (κ1) is 16.9. The van der Waals surface area contributed by atoms with E-state index >= 15 is 0 Å². The van der Waals surface area contributed by atoms with Crippen molar-refractivity contribution in [2.45, 2.75) is 37.6 Å². The molecule has 128 valence electrons. The van der Waals surface area contributed by atoms with Gasteiger partial charge in [-0.3, -0.25) is 4.79 Å². The molecular weight excluding hydrogens is 324 g/mol. The van der Waals surface area contributed by atoms with Gasteiger partial charge in [-0.25, -0.2) is 8.42 Å². The molecule has 0 atom stereocenters. The average Bonchev–Trinajstić information content (AvgIpc) is 2.59. The summed E-state index contributed by atoms with van der Waals surface area (Å²) < 4.78 is 28.5. The summed E-state index contributed by atoms with van der Waals surface area (Å²) in [5.74, 6) is 0. The topological polar surface area (TPSA) is 59.4 Å². The maximum absolute atomic E-state index is 12.8. The number of pyridine rings is 1. The van der Waals surface area contributed by atoms with Crippen LogP contribution < -0.4 is 5.56 Å². The van der Waals surface area contributed by atoms with Crippen LogP contribution in [0.5, 0.6) is 0 Å². The molecule has 2 heterocycles. The number of hydrogen-bond acceptors (Lipinski definition) is 3. The molecule has 0 amide bonds. The normalized spacial score (nSPS) is 16.2. The van der Waals surface area contributed by atoms with Gasteiger partial charge in [0.05, 0.1) is 11.4 Å². The van der Waals surface area contributed by atoms with E-state index in [0.29, 0.717) is 19.6 Å². The summed E-state index contributed by atoms with van der Waals surface area (Å²) in [6.45, 7) is 3.48. The number of nitrogens with zero attached hydrogens (tertiary/aromatic N) is 2. The second kappa shape index (κ2) is 6.91. The molecule has 0 saturated carbocycles. The van der Waals surface area contributed by atoms with E-state index in [0.717, 1.165) is 30.4 Å². The molecule has 1 aliphatic rings. The lowest BCUT2D eigenvalue weighted by Crippen LogP contribution is -2.36. The fourth-order valence-electron chi connectivity index (χ4n) is 2.93. The van der Waals surface area contributed by atoms with E-state index in [1.54, 1.807) is 0 Å². The number of sulfonamides is 1. The molecule has 5 nitrogen and oxygen atoms in total. The van der Waals surface area contributed by atoms with Crippen molar-refractivity contribution < 1.29 is 8.42 Å². The minimum atomic E-state index is -3.53. The summed E-state index contributed by atoms with van der Waals surface area (Å²) in [7, 11) is -3.53. The summed E-state index contributed by atoms with van der Waals surface area (Å²) in [5.41, 5.74) is 1.91. The Bertz CT molecular complexity index is 864. The van der Waals surface area contributed by atoms with E-state index in [1.165, 1.54) is 27.2 Å². The van der Waals surface area contributed by atoms with Crippen LogP contribution in [-0.4, -0.2) is 30.4 Å². The molecule has 3 rings (SSSR count). The zero-order valence-electron chi connectivity index (χ0n) is 13.8. The second-order valence-electron chi connectivity index (χ2n) is 6.28. The van der Waals surface area contributed by atoms with Crippen molar-refractivity contribution in [2.75, 3.05) is 13.1 Å². The Morgan fingerprint density at radius 1 is 0.958 bits per heavy atom. The summed E-state index contributed by atoms with van der Waals surface area (Å²) in [6, 6.07) is 10.6. The molecule has 6 heteroatoms. The lowest BCUT2D eigenvalue weighted by molar-refractivity contribution is 0.346. The van der Waals surface area contributed by atoms with Gasteiger partial charge in [0.25, 0.3) is 5.56 Å². The highest BCUT2D eigenvalue weighted by molar-refractivity contribution is 7.89. The lowest BCUT2D eigenvalue weighted by Gasteiger charge is -2.26. The summed E-state index contributed by atoms with van der Waals surface area (Å²) in [6.07, 6.45) is 4.32. The van der Waals surface area contributed by atoms with E-state index in [4.69, 9.17) is 0 Å². The van der Waals surface area contributed by atoms with Gasteiger partial charge in [-0.15, -0.1) is 0 Å². The van der Waals surface area contributed by atoms with Gasteiger partial charge in [-0.2, -0.15) is 4.31 Å². The van der Waals surface area contributed by atoms with Crippen LogP contribution in [0.4, 0.5) is 0 Å². The summed E-state index contributed by atoms with van der Waals surface area (Å²) in [5, 5.41) is 0. The minimum Gasteiger partial charge on any atom is -0.310 e. The predicted octanol–water partition coefficient (Wildman–Crippen LogP) is 2.38. The maximum atomic E-state index is 12.8. The van der Waals surface area contributed by atoms with Crippen LogP contribution in [0, 0.1) is 6.92 Å². The van der Waals surface area contributed by atoms with E-state index < -0.39 is 10.0 Å². The van der Waals surface area contributed by atoms with E-state index in [2.05, 4.69) is 0 Å². The van der Waals surface area contributed by atoms with Crippen molar-refractivity contribution in [3.63, 3.8) is 0 Å². The smallest absolute Gasteiger partial charge is 0.250 e. The molecule has 0 unspecified atom stereocenters. The van der Waals surface area contributed by atoms with Gasteiger partial charge in [0.1, 0.15) is 0 Å². The van der Waals surface area contributed by atoms with Gasteiger partial charge < -0.3 is 4.57 Å². The van der Waals surface area contributed by atoms with Gasteiger partial charge in [0.2, 0.25) is 10.0 Å². The molecule has 0 radical (unpaired) electrons. The van der Waals surface area contributed by atoms with Gasteiger partial charge >= 0.3 is 0 Å². The highest BCUT2D eigenvalue weighted by Gasteiger charge is 2.26. The van der Waals surface area contributed by atoms with E-state index in [-0.39, 0.29) is 10.5 Å². The summed E-state index contributed by atoms with van der Waals surface area (Å²) in [4.78, 5) is 12.3. The van der Waals surface area contributed by atoms with Crippen LogP contribution in [-0.2, 0) is 16.6 Å². The fraction of sp³-hybridized carbons (Fsp3) is 0.389. The third kappa shape index (κ3) is 3.60. The molecule has 1 aromatic carbocycles. The standard InChI is InChI=1S/C18H22N2O3S/c1-15-5-7-16(8-6-15)13-19-14-17(9-10-18(19)21)24(22,23)20-11-3-2-4-12-20/h5-10,14H,2-4,11-13H2,1H3. The van der Waals surface area contributed by atoms with Crippen molar-refractivity contribution >= 4 is 10.0 Å². The predicted molar refractivity (Wildman–Crippen MR) is 93.6 cm³/mol. The Balaban J connectivity index is 1.90. The maximum Gasteiger partial charge on any atom is 0.250 e. The van der Waals surface area contributed by atoms with Crippen molar-refractivity contribution in [1.82, 2.24) is 8.87 Å². The number of benzene rings is 1. The van der Waals surface area contributed by atoms with Crippen LogP contribution in [0.2, 0.25) is 0 Å². The second-order valence-corrected chi connectivity index (χ2v) is 8.22. The number of hydrogen-bond donors (Lipinski definition) is 0. The zero-order valence-corrected chi connectivity index (χ0v) is 14.6. The monoisotopic (exact) mass is 346 g/mol. The molecule has 1 aliphatic heterocycles. The molecule has 0 bridgehead atoms. The fourth-order valence-corrected chi connectivity index (χ4v) is 4.47. The van der Waals surface area contributed by atoms with Crippen LogP contribution in [0.15, 0.2) is 52.3 Å². The van der Waals surface area contributed by atoms with Gasteiger partial charge in [0.15, 0.2) is 0 Å². The van der Waals surface area contributed by atoms with Gasteiger partial charge in [0, 0.05) is 25.4 Å². The number of rotatable bonds is 4. The Hall–Kier alpha value is -1.92. The van der Waals surface area contributed by atoms with Crippen molar-refractivity contribution in [2.24, 2.45) is 0 Å². The Labute approximate surface area is 142 Å². The third-order valence-electron chi connectivity index (χ3n) is 4.38. The SMILES string of the molecule is Cc1ccc(Cn2cc(S(=O)(=O)N3CCCCC3)ccc2=O)cc1. The molecule has 1 saturated heterocycles.